The quantitative estimate of drug-likeness (QED) is 0.161. The number of hydrogen-bond acceptors (Lipinski definition) is 10. The van der Waals surface area contributed by atoms with E-state index in [1.807, 2.05) is 34.6 Å². The van der Waals surface area contributed by atoms with E-state index in [9.17, 15) is 39.6 Å². The maximum Gasteiger partial charge on any atom is 4.00 e. The van der Waals surface area contributed by atoms with Crippen LogP contribution in [0, 0.1) is 23.7 Å². The summed E-state index contributed by atoms with van der Waals surface area (Å²) < 4.78 is 0. The Morgan fingerprint density at radius 1 is 0.413 bits per heavy atom. The van der Waals surface area contributed by atoms with Gasteiger partial charge in [0.1, 0.15) is 0 Å². The zero-order valence-corrected chi connectivity index (χ0v) is 32.9. The van der Waals surface area contributed by atoms with Gasteiger partial charge in [-0.3, -0.25) is 0 Å². The number of carboxylic acids is 4. The molecule has 4 unspecified atom stereocenters. The molecule has 4 atom stereocenters. The molecule has 10 nitrogen and oxygen atoms in total. The van der Waals surface area contributed by atoms with Crippen LogP contribution >= 0.6 is 0 Å². The van der Waals surface area contributed by atoms with Gasteiger partial charge in [-0.05, 0) is 81.5 Å². The van der Waals surface area contributed by atoms with Crippen molar-refractivity contribution in [1.82, 2.24) is 0 Å². The molecular formula is C35H70N2O8Pt. The molecule has 0 spiro atoms. The molecule has 0 aliphatic rings. The topological polar surface area (TPSA) is 213 Å². The molecule has 0 radical (unpaired) electrons. The Balaban J connectivity index is -0.000000110. The summed E-state index contributed by atoms with van der Waals surface area (Å²) in [7, 11) is 0. The summed E-state index contributed by atoms with van der Waals surface area (Å²) >= 11 is 0. The molecule has 0 saturated heterocycles. The zero-order chi connectivity index (χ0) is 36.2. The van der Waals surface area contributed by atoms with E-state index in [2.05, 4.69) is 27.7 Å². The number of aliphatic carboxylic acids is 4. The number of carbonyl (C=O) groups excluding carboxylic acids is 4. The molecule has 0 fully saturated rings. The smallest absolute Gasteiger partial charge is 0.550 e. The Hall–Kier alpha value is -1.51. The van der Waals surface area contributed by atoms with E-state index in [-0.39, 0.29) is 50.9 Å². The van der Waals surface area contributed by atoms with Gasteiger partial charge < -0.3 is 51.1 Å². The van der Waals surface area contributed by atoms with E-state index in [4.69, 9.17) is 11.5 Å². The third kappa shape index (κ3) is 44.6. The van der Waals surface area contributed by atoms with Gasteiger partial charge in [0.2, 0.25) is 0 Å². The summed E-state index contributed by atoms with van der Waals surface area (Å²) in [5.74, 6) is -4.46. The first-order valence-corrected chi connectivity index (χ1v) is 17.5. The van der Waals surface area contributed by atoms with Crippen molar-refractivity contribution in [2.75, 3.05) is 0 Å². The van der Waals surface area contributed by atoms with Crippen LogP contribution in [0.5, 0.6) is 0 Å². The van der Waals surface area contributed by atoms with Crippen molar-refractivity contribution in [3.63, 3.8) is 0 Å². The maximum absolute atomic E-state index is 10.3. The molecule has 0 aromatic carbocycles. The van der Waals surface area contributed by atoms with Crippen molar-refractivity contribution >= 4 is 23.9 Å². The van der Waals surface area contributed by atoms with Crippen LogP contribution in [-0.4, -0.2) is 30.0 Å². The van der Waals surface area contributed by atoms with Crippen molar-refractivity contribution in [1.29, 1.82) is 0 Å². The van der Waals surface area contributed by atoms with Gasteiger partial charge in [0.25, 0.3) is 0 Å². The van der Waals surface area contributed by atoms with E-state index < -0.39 is 23.9 Å². The van der Waals surface area contributed by atoms with Gasteiger partial charge in [0, 0.05) is 23.9 Å². The number of hydrogen-bond donors (Lipinski definition) is 2. The van der Waals surface area contributed by atoms with E-state index >= 15 is 0 Å². The van der Waals surface area contributed by atoms with Crippen LogP contribution in [0.1, 0.15) is 171 Å². The van der Waals surface area contributed by atoms with Crippen LogP contribution in [0.4, 0.5) is 0 Å². The molecule has 0 aromatic rings. The molecule has 278 valence electrons. The second-order valence-corrected chi connectivity index (χ2v) is 11.3. The predicted octanol–water partition coefficient (Wildman–Crippen LogP) is 3.45. The molecule has 0 amide bonds. The molecule has 4 N–H and O–H groups in total. The normalized spacial score (nSPS) is 12.3. The van der Waals surface area contributed by atoms with Gasteiger partial charge in [0.15, 0.2) is 0 Å². The Labute approximate surface area is 296 Å². The van der Waals surface area contributed by atoms with Crippen LogP contribution in [0.2, 0.25) is 0 Å². The summed E-state index contributed by atoms with van der Waals surface area (Å²) in [6.45, 7) is 17.7. The summed E-state index contributed by atoms with van der Waals surface area (Å²) in [6.07, 6.45) is 14.8. The average molecular weight is 842 g/mol. The number of nitrogens with two attached hydrogens (primary N) is 2. The monoisotopic (exact) mass is 841 g/mol. The fourth-order valence-corrected chi connectivity index (χ4v) is 3.76. The zero-order valence-electron chi connectivity index (χ0n) is 30.6. The van der Waals surface area contributed by atoms with E-state index in [0.717, 1.165) is 83.5 Å². The second kappa shape index (κ2) is 43.5. The van der Waals surface area contributed by atoms with Gasteiger partial charge in [-0.1, -0.05) is 114 Å². The van der Waals surface area contributed by atoms with Crippen LogP contribution in [0.25, 0.3) is 0 Å². The first kappa shape index (κ1) is 56.8. The molecule has 0 bridgehead atoms. The largest absolute Gasteiger partial charge is 4.00 e. The van der Waals surface area contributed by atoms with Gasteiger partial charge in [-0.15, -0.1) is 0 Å². The van der Waals surface area contributed by atoms with Gasteiger partial charge in [0.05, 0.1) is 6.17 Å². The Morgan fingerprint density at radius 2 is 0.565 bits per heavy atom. The first-order valence-electron chi connectivity index (χ1n) is 17.5. The van der Waals surface area contributed by atoms with Crippen LogP contribution in [0.3, 0.4) is 0 Å². The van der Waals surface area contributed by atoms with Gasteiger partial charge >= 0.3 is 21.1 Å². The summed E-state index contributed by atoms with van der Waals surface area (Å²) in [4.78, 5) is 41.3. The van der Waals surface area contributed by atoms with Crippen molar-refractivity contribution in [2.24, 2.45) is 35.1 Å². The minimum atomic E-state index is -0.893. The average Bonchev–Trinajstić information content (AvgIpc) is 2.99. The first-order chi connectivity index (χ1) is 21.1. The third-order valence-electron chi connectivity index (χ3n) is 7.40. The van der Waals surface area contributed by atoms with Crippen LogP contribution in [0.15, 0.2) is 0 Å². The molecule has 0 aromatic heterocycles. The fourth-order valence-electron chi connectivity index (χ4n) is 3.76. The van der Waals surface area contributed by atoms with E-state index in [1.54, 1.807) is 0 Å². The summed E-state index contributed by atoms with van der Waals surface area (Å²) in [6, 6.07) is 0. The van der Waals surface area contributed by atoms with Crippen LogP contribution < -0.4 is 31.9 Å². The Bertz CT molecular complexity index is 577. The Kier molecular flexibility index (Phi) is 53.7. The predicted molar refractivity (Wildman–Crippen MR) is 176 cm³/mol. The van der Waals surface area contributed by atoms with Crippen molar-refractivity contribution in [3.05, 3.63) is 0 Å². The van der Waals surface area contributed by atoms with Crippen molar-refractivity contribution in [3.8, 4) is 0 Å². The standard InChI is InChI=1S/4C8H16O2.C3H10N2.Pt/c4*1-3-5-6-7(4-2)8(9)10;1-2-3(4)5;/h4*7H,3-6H2,1-2H3,(H,9,10);3H,2,4-5H2,1H3;/q;;;;;+4/p-4. The maximum atomic E-state index is 10.3. The van der Waals surface area contributed by atoms with Crippen LogP contribution in [-0.2, 0) is 40.2 Å². The number of unbranched alkanes of at least 4 members (excludes halogenated alkanes) is 4. The summed E-state index contributed by atoms with van der Waals surface area (Å²) in [5.41, 5.74) is 10.1. The molecule has 0 aliphatic heterocycles. The van der Waals surface area contributed by atoms with Crippen molar-refractivity contribution in [2.45, 2.75) is 178 Å². The van der Waals surface area contributed by atoms with E-state index in [1.165, 1.54) is 0 Å². The minimum Gasteiger partial charge on any atom is -0.550 e. The SMILES string of the molecule is CCC(N)N.CCCCC(CC)C(=O)[O-].CCCCC(CC)C(=O)[O-].CCCCC(CC)C(=O)[O-].CCCCC(CC)C(=O)[O-].[Pt+4]. The van der Waals surface area contributed by atoms with E-state index in [0.29, 0.717) is 25.7 Å². The molecule has 0 aliphatic carbocycles. The molecule has 0 heterocycles. The Morgan fingerprint density at radius 3 is 0.630 bits per heavy atom. The molecule has 0 rings (SSSR count). The van der Waals surface area contributed by atoms with Gasteiger partial charge in [-0.25, -0.2) is 0 Å². The summed E-state index contributed by atoms with van der Waals surface area (Å²) in [5, 5.41) is 41.3. The molecule has 11 heteroatoms. The fraction of sp³-hybridized carbons (Fsp3) is 0.886. The third-order valence-corrected chi connectivity index (χ3v) is 7.40. The molecular weight excluding hydrogens is 771 g/mol. The number of carbonyl (C=O) groups is 4. The minimum absolute atomic E-state index is 0. The molecule has 46 heavy (non-hydrogen) atoms. The second-order valence-electron chi connectivity index (χ2n) is 11.3. The molecule has 0 saturated carbocycles. The van der Waals surface area contributed by atoms with Crippen molar-refractivity contribution < 1.29 is 60.7 Å². The number of rotatable bonds is 21. The number of carboxylic acid groups (broad SMARTS) is 4. The van der Waals surface area contributed by atoms with Gasteiger partial charge in [-0.2, -0.15) is 0 Å².